The highest BCUT2D eigenvalue weighted by molar-refractivity contribution is 5.17. The maximum Gasteiger partial charge on any atom is 0.139 e. The molecular formula is C16H25N5O. The smallest absolute Gasteiger partial charge is 0.139 e. The first-order valence-electron chi connectivity index (χ1n) is 8.10. The first-order valence-corrected chi connectivity index (χ1v) is 8.10. The van der Waals surface area contributed by atoms with Crippen molar-refractivity contribution in [3.63, 3.8) is 0 Å². The summed E-state index contributed by atoms with van der Waals surface area (Å²) in [7, 11) is 1.97. The normalized spacial score (nSPS) is 21.6. The maximum absolute atomic E-state index is 5.94. The van der Waals surface area contributed by atoms with E-state index in [-0.39, 0.29) is 6.10 Å². The second kappa shape index (κ2) is 6.62. The molecule has 0 bridgehead atoms. The Bertz CT molecular complexity index is 618. The Kier molecular flexibility index (Phi) is 4.59. The third-order valence-corrected chi connectivity index (χ3v) is 4.32. The van der Waals surface area contributed by atoms with E-state index in [2.05, 4.69) is 40.0 Å². The third-order valence-electron chi connectivity index (χ3n) is 4.32. The van der Waals surface area contributed by atoms with Crippen LogP contribution >= 0.6 is 0 Å². The van der Waals surface area contributed by atoms with Gasteiger partial charge in [0.05, 0.1) is 5.69 Å². The van der Waals surface area contributed by atoms with E-state index in [1.165, 1.54) is 11.3 Å². The molecule has 0 saturated carbocycles. The molecule has 0 aromatic carbocycles. The largest absolute Gasteiger partial charge is 0.369 e. The van der Waals surface area contributed by atoms with Crippen molar-refractivity contribution in [2.24, 2.45) is 7.05 Å². The second-order valence-corrected chi connectivity index (χ2v) is 5.77. The van der Waals surface area contributed by atoms with Gasteiger partial charge in [-0.2, -0.15) is 5.10 Å². The lowest BCUT2D eigenvalue weighted by Crippen LogP contribution is -2.32. The van der Waals surface area contributed by atoms with Gasteiger partial charge in [-0.15, -0.1) is 0 Å². The lowest BCUT2D eigenvalue weighted by molar-refractivity contribution is 0.0886. The first-order chi connectivity index (χ1) is 10.7. The molecule has 2 atom stereocenters. The summed E-state index contributed by atoms with van der Waals surface area (Å²) in [4.78, 5) is 4.49. The lowest BCUT2D eigenvalue weighted by Gasteiger charge is -2.20. The molecule has 1 aliphatic rings. The molecule has 3 heterocycles. The molecule has 1 aliphatic heterocycles. The number of aromatic nitrogens is 4. The van der Waals surface area contributed by atoms with Gasteiger partial charge in [0, 0.05) is 56.9 Å². The van der Waals surface area contributed by atoms with Crippen molar-refractivity contribution in [3.05, 3.63) is 35.7 Å². The zero-order chi connectivity index (χ0) is 15.5. The zero-order valence-electron chi connectivity index (χ0n) is 13.6. The van der Waals surface area contributed by atoms with Gasteiger partial charge in [-0.1, -0.05) is 6.92 Å². The minimum atomic E-state index is 0.0386. The summed E-state index contributed by atoms with van der Waals surface area (Å²) in [6.07, 6.45) is 7.99. The monoisotopic (exact) mass is 303 g/mol. The van der Waals surface area contributed by atoms with E-state index < -0.39 is 0 Å². The fourth-order valence-electron chi connectivity index (χ4n) is 3.17. The Morgan fingerprint density at radius 2 is 2.27 bits per heavy atom. The number of hydrogen-bond donors (Lipinski definition) is 1. The average molecular weight is 303 g/mol. The van der Waals surface area contributed by atoms with Gasteiger partial charge in [0.1, 0.15) is 11.9 Å². The van der Waals surface area contributed by atoms with Gasteiger partial charge in [0.25, 0.3) is 0 Å². The molecule has 2 aromatic heterocycles. The van der Waals surface area contributed by atoms with E-state index in [1.54, 1.807) is 0 Å². The number of hydrogen-bond acceptors (Lipinski definition) is 4. The van der Waals surface area contributed by atoms with Crippen molar-refractivity contribution < 1.29 is 4.74 Å². The highest BCUT2D eigenvalue weighted by atomic mass is 16.5. The molecule has 6 nitrogen and oxygen atoms in total. The summed E-state index contributed by atoms with van der Waals surface area (Å²) in [5.74, 6) is 1.03. The summed E-state index contributed by atoms with van der Waals surface area (Å²) in [6, 6.07) is 0.303. The van der Waals surface area contributed by atoms with Crippen LogP contribution in [0.1, 0.15) is 43.5 Å². The van der Waals surface area contributed by atoms with Gasteiger partial charge in [-0.3, -0.25) is 4.68 Å². The number of imidazole rings is 1. The quantitative estimate of drug-likeness (QED) is 0.884. The van der Waals surface area contributed by atoms with Gasteiger partial charge in [0.2, 0.25) is 0 Å². The molecular weight excluding hydrogens is 278 g/mol. The molecule has 0 spiro atoms. The van der Waals surface area contributed by atoms with E-state index in [1.807, 2.05) is 24.1 Å². The van der Waals surface area contributed by atoms with Crippen molar-refractivity contribution in [2.75, 3.05) is 6.61 Å². The molecule has 0 unspecified atom stereocenters. The van der Waals surface area contributed by atoms with Gasteiger partial charge in [0.15, 0.2) is 0 Å². The topological polar surface area (TPSA) is 56.9 Å². The molecule has 0 radical (unpaired) electrons. The average Bonchev–Trinajstić information content (AvgIpc) is 3.23. The van der Waals surface area contributed by atoms with Crippen molar-refractivity contribution in [1.82, 2.24) is 24.6 Å². The van der Waals surface area contributed by atoms with Crippen molar-refractivity contribution in [3.8, 4) is 0 Å². The van der Waals surface area contributed by atoms with Crippen LogP contribution in [0.4, 0.5) is 0 Å². The second-order valence-electron chi connectivity index (χ2n) is 5.77. The van der Waals surface area contributed by atoms with Crippen LogP contribution in [0.5, 0.6) is 0 Å². The van der Waals surface area contributed by atoms with Crippen LogP contribution in [0.2, 0.25) is 0 Å². The number of nitrogens with one attached hydrogen (secondary N) is 1. The van der Waals surface area contributed by atoms with Crippen LogP contribution in [0.3, 0.4) is 0 Å². The number of nitrogens with zero attached hydrogens (tertiary/aromatic N) is 4. The van der Waals surface area contributed by atoms with Gasteiger partial charge < -0.3 is 14.6 Å². The fraction of sp³-hybridized carbons (Fsp3) is 0.625. The van der Waals surface area contributed by atoms with Crippen molar-refractivity contribution in [1.29, 1.82) is 0 Å². The molecule has 2 aromatic rings. The molecule has 0 amide bonds. The van der Waals surface area contributed by atoms with E-state index in [0.29, 0.717) is 6.04 Å². The van der Waals surface area contributed by atoms with Crippen LogP contribution in [0, 0.1) is 0 Å². The number of rotatable bonds is 6. The Morgan fingerprint density at radius 3 is 3.05 bits per heavy atom. The highest BCUT2D eigenvalue weighted by Gasteiger charge is 2.32. The summed E-state index contributed by atoms with van der Waals surface area (Å²) in [5.41, 5.74) is 2.44. The predicted molar refractivity (Wildman–Crippen MR) is 84.4 cm³/mol. The summed E-state index contributed by atoms with van der Waals surface area (Å²) in [5, 5.41) is 8.14. The molecule has 0 aliphatic carbocycles. The van der Waals surface area contributed by atoms with E-state index in [0.717, 1.165) is 38.4 Å². The molecule has 1 fully saturated rings. The molecule has 1 N–H and O–H groups in total. The SMILES string of the molecule is CCc1nn(C)cc1CN[C@H]1CCO[C@@H]1c1nccn1CC. The maximum atomic E-state index is 5.94. The standard InChI is InChI=1S/C16H25N5O/c1-4-13-12(11-20(3)19-13)10-18-14-6-9-22-15(14)16-17-7-8-21(16)5-2/h7-8,11,14-15,18H,4-6,9-10H2,1-3H3/t14-,15-/m0/s1. The van der Waals surface area contributed by atoms with Crippen LogP contribution in [-0.2, 0) is 31.3 Å². The molecule has 22 heavy (non-hydrogen) atoms. The lowest BCUT2D eigenvalue weighted by atomic mass is 10.1. The van der Waals surface area contributed by atoms with Crippen molar-refractivity contribution >= 4 is 0 Å². The third kappa shape index (κ3) is 2.94. The predicted octanol–water partition coefficient (Wildman–Crippen LogP) is 1.82. The van der Waals surface area contributed by atoms with Crippen LogP contribution < -0.4 is 5.32 Å². The van der Waals surface area contributed by atoms with Gasteiger partial charge >= 0.3 is 0 Å². The summed E-state index contributed by atoms with van der Waals surface area (Å²) >= 11 is 0. The molecule has 3 rings (SSSR count). The zero-order valence-corrected chi connectivity index (χ0v) is 13.6. The van der Waals surface area contributed by atoms with Gasteiger partial charge in [-0.25, -0.2) is 4.98 Å². The van der Waals surface area contributed by atoms with Crippen molar-refractivity contribution in [2.45, 2.75) is 51.9 Å². The fourth-order valence-corrected chi connectivity index (χ4v) is 3.17. The minimum Gasteiger partial charge on any atom is -0.369 e. The minimum absolute atomic E-state index is 0.0386. The first kappa shape index (κ1) is 15.2. The molecule has 6 heteroatoms. The highest BCUT2D eigenvalue weighted by Crippen LogP contribution is 2.28. The number of ether oxygens (including phenoxy) is 1. The molecule has 120 valence electrons. The van der Waals surface area contributed by atoms with E-state index >= 15 is 0 Å². The van der Waals surface area contributed by atoms with E-state index in [9.17, 15) is 0 Å². The Morgan fingerprint density at radius 1 is 1.41 bits per heavy atom. The Hall–Kier alpha value is -1.66. The van der Waals surface area contributed by atoms with Gasteiger partial charge in [-0.05, 0) is 19.8 Å². The van der Waals surface area contributed by atoms with Crippen LogP contribution in [0.25, 0.3) is 0 Å². The number of aryl methyl sites for hydroxylation is 3. The Balaban J connectivity index is 1.69. The van der Waals surface area contributed by atoms with Crippen LogP contribution in [0.15, 0.2) is 18.6 Å². The Labute approximate surface area is 131 Å². The van der Waals surface area contributed by atoms with E-state index in [4.69, 9.17) is 4.74 Å². The van der Waals surface area contributed by atoms with Crippen LogP contribution in [-0.4, -0.2) is 32.0 Å². The summed E-state index contributed by atoms with van der Waals surface area (Å²) in [6.45, 7) is 6.81. The molecule has 1 saturated heterocycles. The summed E-state index contributed by atoms with van der Waals surface area (Å²) < 4.78 is 9.99.